The van der Waals surface area contributed by atoms with Crippen molar-refractivity contribution in [2.45, 2.75) is 0 Å². The molecule has 3 heterocycles. The Morgan fingerprint density at radius 2 is 2.03 bits per heavy atom. The van der Waals surface area contributed by atoms with Gasteiger partial charge in [-0.25, -0.2) is 4.98 Å². The number of hydrogen-bond acceptors (Lipinski definition) is 8. The van der Waals surface area contributed by atoms with E-state index >= 15 is 0 Å². The number of hydrogen-bond donors (Lipinski definition) is 2. The standard InChI is InChI=1S/C20H22N6O4/c1-28-13-5-6-14(16(12-13)29-2)17-22-20(25-24-17)23-19(27)15-4-3-7-21-18(15)26-8-10-30-11-9-26/h3-7,12H,8-11H2,1-2H3,(H2,22,23,24,25,27). The van der Waals surface area contributed by atoms with Gasteiger partial charge in [0.1, 0.15) is 17.3 Å². The first-order valence-corrected chi connectivity index (χ1v) is 9.43. The minimum atomic E-state index is -0.336. The van der Waals surface area contributed by atoms with Crippen LogP contribution in [0.5, 0.6) is 11.5 Å². The van der Waals surface area contributed by atoms with E-state index in [4.69, 9.17) is 14.2 Å². The average Bonchev–Trinajstić information content (AvgIpc) is 3.27. The molecule has 3 aromatic rings. The number of methoxy groups -OCH3 is 2. The van der Waals surface area contributed by atoms with Gasteiger partial charge in [0.25, 0.3) is 5.91 Å². The normalized spacial score (nSPS) is 13.7. The first-order chi connectivity index (χ1) is 14.7. The number of morpholine rings is 1. The third-order valence-corrected chi connectivity index (χ3v) is 4.72. The maximum Gasteiger partial charge on any atom is 0.261 e. The lowest BCUT2D eigenvalue weighted by Gasteiger charge is -2.28. The van der Waals surface area contributed by atoms with Gasteiger partial charge in [-0.1, -0.05) is 0 Å². The first-order valence-electron chi connectivity index (χ1n) is 9.43. The molecule has 2 aromatic heterocycles. The van der Waals surface area contributed by atoms with Crippen molar-refractivity contribution >= 4 is 17.7 Å². The van der Waals surface area contributed by atoms with E-state index in [2.05, 4.69) is 25.5 Å². The fourth-order valence-electron chi connectivity index (χ4n) is 3.20. The summed E-state index contributed by atoms with van der Waals surface area (Å²) in [5.41, 5.74) is 1.15. The summed E-state index contributed by atoms with van der Waals surface area (Å²) in [6.45, 7) is 2.57. The van der Waals surface area contributed by atoms with Crippen molar-refractivity contribution in [1.82, 2.24) is 20.2 Å². The maximum atomic E-state index is 12.9. The van der Waals surface area contributed by atoms with Crippen LogP contribution in [-0.2, 0) is 4.74 Å². The third-order valence-electron chi connectivity index (χ3n) is 4.72. The Morgan fingerprint density at radius 1 is 1.20 bits per heavy atom. The molecular formula is C20H22N6O4. The van der Waals surface area contributed by atoms with Crippen LogP contribution >= 0.6 is 0 Å². The number of aromatic nitrogens is 4. The van der Waals surface area contributed by atoms with Crippen LogP contribution in [0, 0.1) is 0 Å². The van der Waals surface area contributed by atoms with Gasteiger partial charge < -0.3 is 19.1 Å². The molecule has 0 radical (unpaired) electrons. The van der Waals surface area contributed by atoms with Gasteiger partial charge in [-0.2, -0.15) is 4.98 Å². The van der Waals surface area contributed by atoms with Gasteiger partial charge in [0, 0.05) is 25.4 Å². The van der Waals surface area contributed by atoms with Crippen molar-refractivity contribution in [1.29, 1.82) is 0 Å². The lowest BCUT2D eigenvalue weighted by Crippen LogP contribution is -2.38. The fourth-order valence-corrected chi connectivity index (χ4v) is 3.20. The van der Waals surface area contributed by atoms with E-state index in [1.54, 1.807) is 50.7 Å². The third kappa shape index (κ3) is 4.03. The van der Waals surface area contributed by atoms with Gasteiger partial charge in [0.15, 0.2) is 5.82 Å². The summed E-state index contributed by atoms with van der Waals surface area (Å²) in [5.74, 6) is 2.14. The Balaban J connectivity index is 1.54. The first kappa shape index (κ1) is 19.6. The van der Waals surface area contributed by atoms with Crippen molar-refractivity contribution in [3.63, 3.8) is 0 Å². The molecule has 2 N–H and O–H groups in total. The molecule has 0 unspecified atom stereocenters. The molecule has 0 atom stereocenters. The van der Waals surface area contributed by atoms with E-state index < -0.39 is 0 Å². The molecule has 156 valence electrons. The topological polar surface area (TPSA) is 114 Å². The second-order valence-electron chi connectivity index (χ2n) is 6.50. The van der Waals surface area contributed by atoms with E-state index in [0.717, 1.165) is 0 Å². The lowest BCUT2D eigenvalue weighted by molar-refractivity contribution is 0.102. The highest BCUT2D eigenvalue weighted by molar-refractivity contribution is 6.06. The molecule has 0 bridgehead atoms. The zero-order chi connectivity index (χ0) is 20.9. The van der Waals surface area contributed by atoms with Gasteiger partial charge in [-0.05, 0) is 24.3 Å². The molecule has 1 amide bonds. The highest BCUT2D eigenvalue weighted by Gasteiger charge is 2.21. The number of carbonyl (C=O) groups is 1. The largest absolute Gasteiger partial charge is 0.497 e. The fraction of sp³-hybridized carbons (Fsp3) is 0.300. The number of benzene rings is 1. The molecule has 1 aliphatic rings. The Hall–Kier alpha value is -3.66. The highest BCUT2D eigenvalue weighted by atomic mass is 16.5. The summed E-state index contributed by atoms with van der Waals surface area (Å²) in [6.07, 6.45) is 1.67. The molecule has 1 aromatic carbocycles. The van der Waals surface area contributed by atoms with Crippen LogP contribution in [-0.4, -0.2) is 66.6 Å². The summed E-state index contributed by atoms with van der Waals surface area (Å²) in [6, 6.07) is 8.81. The smallest absolute Gasteiger partial charge is 0.261 e. The van der Waals surface area contributed by atoms with Crippen LogP contribution in [0.1, 0.15) is 10.4 Å². The summed E-state index contributed by atoms with van der Waals surface area (Å²) in [4.78, 5) is 23.7. The Kier molecular flexibility index (Phi) is 5.75. The van der Waals surface area contributed by atoms with Gasteiger partial charge >= 0.3 is 0 Å². The molecule has 10 heteroatoms. The van der Waals surface area contributed by atoms with Crippen molar-refractivity contribution in [2.75, 3.05) is 50.7 Å². The molecule has 10 nitrogen and oxygen atoms in total. The SMILES string of the molecule is COc1ccc(-c2nc(NC(=O)c3cccnc3N3CCOCC3)n[nH]2)c(OC)c1. The Morgan fingerprint density at radius 3 is 2.80 bits per heavy atom. The summed E-state index contributed by atoms with van der Waals surface area (Å²) in [5, 5.41) is 9.67. The van der Waals surface area contributed by atoms with Crippen LogP contribution in [0.25, 0.3) is 11.4 Å². The quantitative estimate of drug-likeness (QED) is 0.634. The second kappa shape index (κ2) is 8.78. The van der Waals surface area contributed by atoms with E-state index in [-0.39, 0.29) is 11.9 Å². The van der Waals surface area contributed by atoms with E-state index in [0.29, 0.717) is 60.6 Å². The van der Waals surface area contributed by atoms with Gasteiger partial charge in [-0.3, -0.25) is 15.2 Å². The molecule has 1 saturated heterocycles. The van der Waals surface area contributed by atoms with Crippen LogP contribution in [0.15, 0.2) is 36.5 Å². The van der Waals surface area contributed by atoms with Crippen LogP contribution in [0.2, 0.25) is 0 Å². The van der Waals surface area contributed by atoms with Crippen molar-refractivity contribution in [2.24, 2.45) is 0 Å². The van der Waals surface area contributed by atoms with Gasteiger partial charge in [-0.15, -0.1) is 5.10 Å². The average molecular weight is 410 g/mol. The molecule has 0 spiro atoms. The molecule has 30 heavy (non-hydrogen) atoms. The highest BCUT2D eigenvalue weighted by Crippen LogP contribution is 2.31. The minimum Gasteiger partial charge on any atom is -0.497 e. The van der Waals surface area contributed by atoms with E-state index in [1.807, 2.05) is 4.90 Å². The zero-order valence-electron chi connectivity index (χ0n) is 16.7. The molecule has 0 saturated carbocycles. The predicted octanol–water partition coefficient (Wildman–Crippen LogP) is 1.97. The second-order valence-corrected chi connectivity index (χ2v) is 6.50. The maximum absolute atomic E-state index is 12.9. The lowest BCUT2D eigenvalue weighted by atomic mass is 10.2. The summed E-state index contributed by atoms with van der Waals surface area (Å²) in [7, 11) is 3.15. The number of ether oxygens (including phenoxy) is 3. The number of H-pyrrole nitrogens is 1. The summed E-state index contributed by atoms with van der Waals surface area (Å²) >= 11 is 0. The molecular weight excluding hydrogens is 388 g/mol. The number of nitrogens with one attached hydrogen (secondary N) is 2. The number of pyridine rings is 1. The molecule has 1 fully saturated rings. The van der Waals surface area contributed by atoms with Crippen LogP contribution < -0.4 is 19.7 Å². The van der Waals surface area contributed by atoms with Crippen molar-refractivity contribution in [3.05, 3.63) is 42.1 Å². The number of aromatic amines is 1. The molecule has 4 rings (SSSR count). The van der Waals surface area contributed by atoms with Crippen molar-refractivity contribution < 1.29 is 19.0 Å². The predicted molar refractivity (Wildman–Crippen MR) is 110 cm³/mol. The van der Waals surface area contributed by atoms with Crippen LogP contribution in [0.3, 0.4) is 0 Å². The zero-order valence-corrected chi connectivity index (χ0v) is 16.7. The minimum absolute atomic E-state index is 0.157. The van der Waals surface area contributed by atoms with E-state index in [1.165, 1.54) is 0 Å². The van der Waals surface area contributed by atoms with Gasteiger partial charge in [0.2, 0.25) is 5.95 Å². The van der Waals surface area contributed by atoms with Crippen molar-refractivity contribution in [3.8, 4) is 22.9 Å². The monoisotopic (exact) mass is 410 g/mol. The number of carbonyl (C=O) groups excluding carboxylic acids is 1. The Labute approximate surface area is 173 Å². The number of anilines is 2. The van der Waals surface area contributed by atoms with E-state index in [9.17, 15) is 4.79 Å². The summed E-state index contributed by atoms with van der Waals surface area (Å²) < 4.78 is 16.0. The number of nitrogens with zero attached hydrogens (tertiary/aromatic N) is 4. The van der Waals surface area contributed by atoms with Gasteiger partial charge in [0.05, 0.1) is 38.6 Å². The molecule has 1 aliphatic heterocycles. The Bertz CT molecular complexity index is 1030. The number of amides is 1. The number of rotatable bonds is 6. The van der Waals surface area contributed by atoms with Crippen LogP contribution in [0.4, 0.5) is 11.8 Å². The molecule has 0 aliphatic carbocycles.